The first kappa shape index (κ1) is 13.2. The second-order valence-corrected chi connectivity index (χ2v) is 5.96. The summed E-state index contributed by atoms with van der Waals surface area (Å²) in [6.07, 6.45) is 2.60. The number of benzene rings is 1. The Kier molecular flexibility index (Phi) is 3.76. The van der Waals surface area contributed by atoms with Crippen molar-refractivity contribution in [3.8, 4) is 0 Å². The summed E-state index contributed by atoms with van der Waals surface area (Å²) in [5.74, 6) is 0. The molecular formula is C16H22O2. The minimum Gasteiger partial charge on any atom is -0.472 e. The van der Waals surface area contributed by atoms with Crippen LogP contribution < -0.4 is 0 Å². The molecule has 1 aliphatic heterocycles. The Hall–Kier alpha value is -1.28. The van der Waals surface area contributed by atoms with Gasteiger partial charge in [0.15, 0.2) is 0 Å². The van der Waals surface area contributed by atoms with Crippen molar-refractivity contribution in [3.05, 3.63) is 41.7 Å². The fourth-order valence-electron chi connectivity index (χ4n) is 1.95. The summed E-state index contributed by atoms with van der Waals surface area (Å²) in [4.78, 5) is 0. The third kappa shape index (κ3) is 3.14. The largest absolute Gasteiger partial charge is 0.472 e. The topological polar surface area (TPSA) is 18.5 Å². The highest BCUT2D eigenvalue weighted by molar-refractivity contribution is 5.65. The molecule has 0 bridgehead atoms. The minimum atomic E-state index is -0.166. The number of hydrogen-bond donors (Lipinski definition) is 0. The molecule has 1 aliphatic rings. The number of rotatable bonds is 1. The van der Waals surface area contributed by atoms with Gasteiger partial charge in [-0.2, -0.15) is 0 Å². The molecule has 1 aromatic rings. The Balaban J connectivity index is 2.15. The summed E-state index contributed by atoms with van der Waals surface area (Å²) >= 11 is 0. The lowest BCUT2D eigenvalue weighted by molar-refractivity contribution is -0.158. The van der Waals surface area contributed by atoms with Crippen molar-refractivity contribution in [1.29, 1.82) is 0 Å². The van der Waals surface area contributed by atoms with Crippen molar-refractivity contribution in [2.24, 2.45) is 5.41 Å². The van der Waals surface area contributed by atoms with Crippen molar-refractivity contribution in [1.82, 2.24) is 0 Å². The van der Waals surface area contributed by atoms with E-state index in [1.807, 2.05) is 6.26 Å². The quantitative estimate of drug-likeness (QED) is 0.741. The summed E-state index contributed by atoms with van der Waals surface area (Å²) in [7, 11) is 0. The molecule has 0 fully saturated rings. The van der Waals surface area contributed by atoms with E-state index in [4.69, 9.17) is 9.47 Å². The molecule has 18 heavy (non-hydrogen) atoms. The molecule has 1 unspecified atom stereocenters. The highest BCUT2D eigenvalue weighted by Crippen LogP contribution is 2.29. The zero-order valence-electron chi connectivity index (χ0n) is 11.7. The predicted molar refractivity (Wildman–Crippen MR) is 74.1 cm³/mol. The lowest BCUT2D eigenvalue weighted by Gasteiger charge is -2.28. The molecule has 1 heterocycles. The van der Waals surface area contributed by atoms with E-state index in [0.717, 1.165) is 6.42 Å². The van der Waals surface area contributed by atoms with Gasteiger partial charge in [0.2, 0.25) is 6.29 Å². The summed E-state index contributed by atoms with van der Waals surface area (Å²) in [6, 6.07) is 8.54. The van der Waals surface area contributed by atoms with Crippen molar-refractivity contribution in [3.63, 3.8) is 0 Å². The molecular weight excluding hydrogens is 224 g/mol. The van der Waals surface area contributed by atoms with Crippen LogP contribution >= 0.6 is 0 Å². The van der Waals surface area contributed by atoms with Crippen LogP contribution in [0.25, 0.3) is 5.57 Å². The SMILES string of the molecule is Cc1ccc(C2=COC(C(C)(C)C)OCC2)cc1. The number of hydrogen-bond acceptors (Lipinski definition) is 2. The normalized spacial score (nSPS) is 20.9. The highest BCUT2D eigenvalue weighted by Gasteiger charge is 2.28. The van der Waals surface area contributed by atoms with Crippen molar-refractivity contribution in [2.75, 3.05) is 6.61 Å². The van der Waals surface area contributed by atoms with Gasteiger partial charge in [-0.3, -0.25) is 0 Å². The smallest absolute Gasteiger partial charge is 0.203 e. The molecule has 0 saturated heterocycles. The average molecular weight is 246 g/mol. The molecule has 0 saturated carbocycles. The van der Waals surface area contributed by atoms with Gasteiger partial charge in [0, 0.05) is 5.41 Å². The monoisotopic (exact) mass is 246 g/mol. The first-order valence-corrected chi connectivity index (χ1v) is 6.50. The molecule has 0 spiro atoms. The zero-order chi connectivity index (χ0) is 13.2. The molecule has 0 aliphatic carbocycles. The lowest BCUT2D eigenvalue weighted by Crippen LogP contribution is -2.30. The first-order valence-electron chi connectivity index (χ1n) is 6.50. The maximum Gasteiger partial charge on any atom is 0.203 e. The predicted octanol–water partition coefficient (Wildman–Crippen LogP) is 4.15. The van der Waals surface area contributed by atoms with E-state index in [1.54, 1.807) is 0 Å². The summed E-state index contributed by atoms with van der Waals surface area (Å²) < 4.78 is 11.5. The van der Waals surface area contributed by atoms with Gasteiger partial charge in [-0.25, -0.2) is 0 Å². The Morgan fingerprint density at radius 1 is 1.11 bits per heavy atom. The molecule has 0 amide bonds. The second-order valence-electron chi connectivity index (χ2n) is 5.96. The van der Waals surface area contributed by atoms with E-state index >= 15 is 0 Å². The van der Waals surface area contributed by atoms with Crippen LogP contribution in [-0.2, 0) is 9.47 Å². The Morgan fingerprint density at radius 2 is 1.78 bits per heavy atom. The highest BCUT2D eigenvalue weighted by atomic mass is 16.7. The van der Waals surface area contributed by atoms with Crippen LogP contribution in [0.1, 0.15) is 38.3 Å². The molecule has 1 atom stereocenters. The zero-order valence-corrected chi connectivity index (χ0v) is 11.7. The number of aryl methyl sites for hydroxylation is 1. The molecule has 2 nitrogen and oxygen atoms in total. The molecule has 2 heteroatoms. The average Bonchev–Trinajstić information content (AvgIpc) is 2.55. The summed E-state index contributed by atoms with van der Waals surface area (Å²) in [5, 5.41) is 0. The first-order chi connectivity index (χ1) is 8.47. The molecule has 0 radical (unpaired) electrons. The van der Waals surface area contributed by atoms with E-state index in [0.29, 0.717) is 6.61 Å². The standard InChI is InChI=1S/C16H22O2/c1-12-5-7-13(8-6-12)14-9-10-17-15(18-11-14)16(2,3)4/h5-8,11,15H,9-10H2,1-4H3. The fourth-order valence-corrected chi connectivity index (χ4v) is 1.95. The Bertz CT molecular complexity index is 423. The van der Waals surface area contributed by atoms with E-state index in [1.165, 1.54) is 16.7 Å². The summed E-state index contributed by atoms with van der Waals surface area (Å²) in [5.41, 5.74) is 3.71. The van der Waals surface area contributed by atoms with Gasteiger partial charge in [0.05, 0.1) is 12.9 Å². The second kappa shape index (κ2) is 5.15. The summed E-state index contributed by atoms with van der Waals surface area (Å²) in [6.45, 7) is 9.19. The molecule has 2 rings (SSSR count). The van der Waals surface area contributed by atoms with E-state index in [2.05, 4.69) is 52.0 Å². The van der Waals surface area contributed by atoms with Gasteiger partial charge in [0.25, 0.3) is 0 Å². The molecule has 98 valence electrons. The van der Waals surface area contributed by atoms with Crippen LogP contribution in [0.2, 0.25) is 0 Å². The van der Waals surface area contributed by atoms with Crippen molar-refractivity contribution >= 4 is 5.57 Å². The van der Waals surface area contributed by atoms with E-state index in [-0.39, 0.29) is 11.7 Å². The van der Waals surface area contributed by atoms with Gasteiger partial charge < -0.3 is 9.47 Å². The van der Waals surface area contributed by atoms with Crippen LogP contribution in [0.3, 0.4) is 0 Å². The maximum absolute atomic E-state index is 5.78. The van der Waals surface area contributed by atoms with Crippen LogP contribution in [0.5, 0.6) is 0 Å². The number of ether oxygens (including phenoxy) is 2. The van der Waals surface area contributed by atoms with Crippen LogP contribution in [0.15, 0.2) is 30.5 Å². The lowest BCUT2D eigenvalue weighted by atomic mass is 9.96. The molecule has 0 aromatic heterocycles. The van der Waals surface area contributed by atoms with Crippen LogP contribution in [0.4, 0.5) is 0 Å². The molecule has 0 N–H and O–H groups in total. The third-order valence-electron chi connectivity index (χ3n) is 3.10. The third-order valence-corrected chi connectivity index (χ3v) is 3.10. The van der Waals surface area contributed by atoms with Gasteiger partial charge in [0.1, 0.15) is 0 Å². The van der Waals surface area contributed by atoms with Gasteiger partial charge in [-0.05, 0) is 24.5 Å². The Labute approximate surface area is 110 Å². The van der Waals surface area contributed by atoms with Gasteiger partial charge in [-0.15, -0.1) is 0 Å². The van der Waals surface area contributed by atoms with Gasteiger partial charge >= 0.3 is 0 Å². The van der Waals surface area contributed by atoms with E-state index in [9.17, 15) is 0 Å². The van der Waals surface area contributed by atoms with E-state index < -0.39 is 0 Å². The van der Waals surface area contributed by atoms with Crippen LogP contribution in [-0.4, -0.2) is 12.9 Å². The minimum absolute atomic E-state index is 0.000768. The Morgan fingerprint density at radius 3 is 2.39 bits per heavy atom. The van der Waals surface area contributed by atoms with Crippen molar-refractivity contribution < 1.29 is 9.47 Å². The molecule has 1 aromatic carbocycles. The van der Waals surface area contributed by atoms with Gasteiger partial charge in [-0.1, -0.05) is 50.6 Å². The fraction of sp³-hybridized carbons (Fsp3) is 0.500. The maximum atomic E-state index is 5.78. The van der Waals surface area contributed by atoms with Crippen molar-refractivity contribution in [2.45, 2.75) is 40.4 Å². The van der Waals surface area contributed by atoms with Crippen LogP contribution in [0, 0.1) is 12.3 Å².